The van der Waals surface area contributed by atoms with E-state index >= 15 is 0 Å². The van der Waals surface area contributed by atoms with Gasteiger partial charge in [-0.05, 0) is 30.0 Å². The third-order valence-corrected chi connectivity index (χ3v) is 5.11. The van der Waals surface area contributed by atoms with Crippen LogP contribution < -0.4 is 10.2 Å². The highest BCUT2D eigenvalue weighted by atomic mass is 32.1. The molecular weight excluding hydrogens is 304 g/mol. The topological polar surface area (TPSA) is 30.9 Å². The van der Waals surface area contributed by atoms with Gasteiger partial charge in [-0.1, -0.05) is 29.8 Å². The predicted molar refractivity (Wildman–Crippen MR) is 99.5 cm³/mol. The summed E-state index contributed by atoms with van der Waals surface area (Å²) in [6, 6.07) is 13.0. The Morgan fingerprint density at radius 3 is 2.48 bits per heavy atom. The molecule has 0 radical (unpaired) electrons. The number of rotatable bonds is 3. The van der Waals surface area contributed by atoms with Gasteiger partial charge in [-0.15, -0.1) is 11.3 Å². The van der Waals surface area contributed by atoms with E-state index in [-0.39, 0.29) is 0 Å². The van der Waals surface area contributed by atoms with E-state index in [0.29, 0.717) is 0 Å². The average molecular weight is 328 g/mol. The Kier molecular flexibility index (Phi) is 5.18. The van der Waals surface area contributed by atoms with Crippen LogP contribution in [-0.2, 0) is 6.54 Å². The van der Waals surface area contributed by atoms with Crippen LogP contribution in [0.4, 0.5) is 5.00 Å². The first-order valence-electron chi connectivity index (χ1n) is 8.06. The lowest BCUT2D eigenvalue weighted by Gasteiger charge is -2.37. The Bertz CT molecular complexity index is 626. The Balaban J connectivity index is 1.52. The third-order valence-electron chi connectivity index (χ3n) is 4.18. The Morgan fingerprint density at radius 2 is 1.87 bits per heavy atom. The number of aliphatic imine (C=N–C) groups is 1. The van der Waals surface area contributed by atoms with Gasteiger partial charge in [0.05, 0.1) is 5.00 Å². The van der Waals surface area contributed by atoms with Crippen molar-refractivity contribution in [2.45, 2.75) is 13.5 Å². The van der Waals surface area contributed by atoms with E-state index in [1.54, 1.807) is 0 Å². The van der Waals surface area contributed by atoms with Crippen molar-refractivity contribution in [1.29, 1.82) is 0 Å². The van der Waals surface area contributed by atoms with Crippen LogP contribution in [0.3, 0.4) is 0 Å². The maximum atomic E-state index is 4.45. The largest absolute Gasteiger partial charge is 0.360 e. The fourth-order valence-electron chi connectivity index (χ4n) is 2.81. The maximum Gasteiger partial charge on any atom is 0.194 e. The molecule has 1 fully saturated rings. The van der Waals surface area contributed by atoms with Crippen molar-refractivity contribution >= 4 is 22.3 Å². The van der Waals surface area contributed by atoms with Gasteiger partial charge in [-0.25, -0.2) is 0 Å². The van der Waals surface area contributed by atoms with Gasteiger partial charge < -0.3 is 15.1 Å². The molecule has 3 rings (SSSR count). The first-order valence-corrected chi connectivity index (χ1v) is 8.94. The number of aryl methyl sites for hydroxylation is 1. The summed E-state index contributed by atoms with van der Waals surface area (Å²) in [4.78, 5) is 9.25. The minimum Gasteiger partial charge on any atom is -0.360 e. The molecule has 2 aromatic rings. The smallest absolute Gasteiger partial charge is 0.194 e. The van der Waals surface area contributed by atoms with E-state index in [0.717, 1.165) is 38.7 Å². The van der Waals surface area contributed by atoms with Crippen LogP contribution in [0.2, 0.25) is 0 Å². The summed E-state index contributed by atoms with van der Waals surface area (Å²) in [6.07, 6.45) is 0. The van der Waals surface area contributed by atoms with Gasteiger partial charge in [0.25, 0.3) is 0 Å². The standard InChI is InChI=1S/C18H24N4S/c1-15-5-7-16(8-6-15)14-20-18(19-2)22-11-9-21(10-12-22)17-4-3-13-23-17/h3-8,13H,9-12,14H2,1-2H3,(H,19,20). The van der Waals surface area contributed by atoms with Gasteiger partial charge in [0, 0.05) is 39.8 Å². The van der Waals surface area contributed by atoms with Crippen LogP contribution in [0.5, 0.6) is 0 Å². The molecule has 0 aliphatic carbocycles. The second-order valence-corrected chi connectivity index (χ2v) is 6.74. The first-order chi connectivity index (χ1) is 11.3. The normalized spacial score (nSPS) is 15.8. The van der Waals surface area contributed by atoms with Crippen molar-refractivity contribution in [3.63, 3.8) is 0 Å². The Labute approximate surface area is 142 Å². The summed E-state index contributed by atoms with van der Waals surface area (Å²) in [7, 11) is 1.86. The summed E-state index contributed by atoms with van der Waals surface area (Å²) < 4.78 is 0. The molecular formula is C18H24N4S. The first kappa shape index (κ1) is 15.9. The van der Waals surface area contributed by atoms with Crippen molar-refractivity contribution in [3.05, 3.63) is 52.9 Å². The van der Waals surface area contributed by atoms with E-state index in [1.165, 1.54) is 16.1 Å². The Morgan fingerprint density at radius 1 is 1.13 bits per heavy atom. The zero-order chi connectivity index (χ0) is 16.1. The summed E-state index contributed by atoms with van der Waals surface area (Å²) >= 11 is 1.82. The van der Waals surface area contributed by atoms with Gasteiger partial charge in [-0.3, -0.25) is 4.99 Å². The molecule has 23 heavy (non-hydrogen) atoms. The van der Waals surface area contributed by atoms with Gasteiger partial charge in [0.2, 0.25) is 0 Å². The van der Waals surface area contributed by atoms with Crippen molar-refractivity contribution in [2.24, 2.45) is 4.99 Å². The van der Waals surface area contributed by atoms with Crippen molar-refractivity contribution in [2.75, 3.05) is 38.1 Å². The molecule has 1 aliphatic heterocycles. The highest BCUT2D eigenvalue weighted by molar-refractivity contribution is 7.14. The van der Waals surface area contributed by atoms with Crippen LogP contribution in [-0.4, -0.2) is 44.1 Å². The fourth-order valence-corrected chi connectivity index (χ4v) is 3.59. The quantitative estimate of drug-likeness (QED) is 0.694. The fraction of sp³-hybridized carbons (Fsp3) is 0.389. The predicted octanol–water partition coefficient (Wildman–Crippen LogP) is 2.95. The average Bonchev–Trinajstić information content (AvgIpc) is 3.12. The number of nitrogens with zero attached hydrogens (tertiary/aromatic N) is 3. The van der Waals surface area contributed by atoms with Crippen LogP contribution in [0.15, 0.2) is 46.8 Å². The molecule has 1 N–H and O–H groups in total. The van der Waals surface area contributed by atoms with Gasteiger partial charge in [-0.2, -0.15) is 0 Å². The number of anilines is 1. The molecule has 5 heteroatoms. The van der Waals surface area contributed by atoms with Crippen molar-refractivity contribution in [1.82, 2.24) is 10.2 Å². The molecule has 4 nitrogen and oxygen atoms in total. The van der Waals surface area contributed by atoms with Crippen molar-refractivity contribution in [3.8, 4) is 0 Å². The van der Waals surface area contributed by atoms with Gasteiger partial charge >= 0.3 is 0 Å². The van der Waals surface area contributed by atoms with Crippen LogP contribution in [0.25, 0.3) is 0 Å². The highest BCUT2D eigenvalue weighted by Gasteiger charge is 2.20. The van der Waals surface area contributed by atoms with Crippen LogP contribution in [0.1, 0.15) is 11.1 Å². The van der Waals surface area contributed by atoms with Crippen molar-refractivity contribution < 1.29 is 0 Å². The number of guanidine groups is 1. The number of hydrogen-bond donors (Lipinski definition) is 1. The summed E-state index contributed by atoms with van der Waals surface area (Å²) in [5.41, 5.74) is 2.58. The van der Waals surface area contributed by atoms with E-state index in [9.17, 15) is 0 Å². The minimum atomic E-state index is 0.818. The lowest BCUT2D eigenvalue weighted by molar-refractivity contribution is 0.373. The number of hydrogen-bond acceptors (Lipinski definition) is 3. The SMILES string of the molecule is CN=C(NCc1ccc(C)cc1)N1CCN(c2cccs2)CC1. The molecule has 0 unspecified atom stereocenters. The van der Waals surface area contributed by atoms with E-state index in [1.807, 2.05) is 18.4 Å². The lowest BCUT2D eigenvalue weighted by atomic mass is 10.1. The molecule has 0 saturated carbocycles. The molecule has 2 heterocycles. The third kappa shape index (κ3) is 4.05. The van der Waals surface area contributed by atoms with E-state index < -0.39 is 0 Å². The second-order valence-electron chi connectivity index (χ2n) is 5.81. The molecule has 0 bridgehead atoms. The zero-order valence-electron chi connectivity index (χ0n) is 13.8. The monoisotopic (exact) mass is 328 g/mol. The van der Waals surface area contributed by atoms with Gasteiger partial charge in [0.1, 0.15) is 0 Å². The summed E-state index contributed by atoms with van der Waals surface area (Å²) in [6.45, 7) is 7.04. The van der Waals surface area contributed by atoms with E-state index in [4.69, 9.17) is 0 Å². The maximum absolute atomic E-state index is 4.45. The molecule has 122 valence electrons. The summed E-state index contributed by atoms with van der Waals surface area (Å²) in [5, 5.41) is 6.99. The molecule has 1 aromatic heterocycles. The number of piperazine rings is 1. The second kappa shape index (κ2) is 7.51. The number of thiophene rings is 1. The minimum absolute atomic E-state index is 0.818. The lowest BCUT2D eigenvalue weighted by Crippen LogP contribution is -2.52. The molecule has 1 saturated heterocycles. The molecule has 0 amide bonds. The Hall–Kier alpha value is -2.01. The summed E-state index contributed by atoms with van der Waals surface area (Å²) in [5.74, 6) is 0.997. The number of nitrogens with one attached hydrogen (secondary N) is 1. The highest BCUT2D eigenvalue weighted by Crippen LogP contribution is 2.22. The molecule has 1 aliphatic rings. The molecule has 1 aromatic carbocycles. The van der Waals surface area contributed by atoms with Crippen LogP contribution in [0, 0.1) is 6.92 Å². The van der Waals surface area contributed by atoms with E-state index in [2.05, 4.69) is 68.8 Å². The number of benzene rings is 1. The molecule has 0 atom stereocenters. The van der Waals surface area contributed by atoms with Gasteiger partial charge in [0.15, 0.2) is 5.96 Å². The molecule has 0 spiro atoms. The zero-order valence-corrected chi connectivity index (χ0v) is 14.6. The van der Waals surface area contributed by atoms with Crippen LogP contribution >= 0.6 is 11.3 Å².